The van der Waals surface area contributed by atoms with Crippen LogP contribution in [0.1, 0.15) is 33.4 Å². The number of anilines is 1. The molecule has 0 bridgehead atoms. The minimum Gasteiger partial charge on any atom is -0.369 e. The van der Waals surface area contributed by atoms with Gasteiger partial charge >= 0.3 is 0 Å². The van der Waals surface area contributed by atoms with Gasteiger partial charge in [-0.25, -0.2) is 4.98 Å². The first-order chi connectivity index (χ1) is 7.41. The van der Waals surface area contributed by atoms with E-state index in [1.165, 1.54) is 0 Å². The van der Waals surface area contributed by atoms with Gasteiger partial charge in [0.05, 0.1) is 5.69 Å². The number of hydrogen-bond donors (Lipinski definition) is 1. The van der Waals surface area contributed by atoms with Crippen LogP contribution in [0.3, 0.4) is 0 Å². The number of imidazole rings is 1. The van der Waals surface area contributed by atoms with Crippen molar-refractivity contribution in [1.82, 2.24) is 14.5 Å². The highest BCUT2D eigenvalue weighted by molar-refractivity contribution is 5.21. The molecule has 0 aliphatic heterocycles. The molecule has 0 amide bonds. The van der Waals surface area contributed by atoms with Gasteiger partial charge in [-0.2, -0.15) is 0 Å². The van der Waals surface area contributed by atoms with Crippen molar-refractivity contribution in [1.29, 1.82) is 0 Å². The molecular weight excluding hydrogens is 200 g/mol. The van der Waals surface area contributed by atoms with E-state index in [2.05, 4.69) is 37.6 Å². The Morgan fingerprint density at radius 2 is 1.88 bits per heavy atom. The van der Waals surface area contributed by atoms with Crippen LogP contribution < -0.4 is 5.73 Å². The van der Waals surface area contributed by atoms with Crippen LogP contribution in [-0.2, 0) is 6.54 Å². The lowest BCUT2D eigenvalue weighted by Gasteiger charge is -2.30. The molecule has 0 atom stereocenters. The minimum atomic E-state index is 0.561. The molecule has 92 valence electrons. The molecule has 0 radical (unpaired) electrons. The van der Waals surface area contributed by atoms with Gasteiger partial charge in [0.15, 0.2) is 5.95 Å². The standard InChI is InChI=1S/C12H24N4/c1-9(2)16(10(3)4)7-6-15-8-11(5)14-12(15)13/h8-10H,6-7H2,1-5H3,(H2,13,14). The number of rotatable bonds is 5. The van der Waals surface area contributed by atoms with Gasteiger partial charge in [0.2, 0.25) is 0 Å². The van der Waals surface area contributed by atoms with Gasteiger partial charge in [-0.05, 0) is 34.6 Å². The topological polar surface area (TPSA) is 47.1 Å². The van der Waals surface area contributed by atoms with Crippen LogP contribution in [0, 0.1) is 6.92 Å². The zero-order valence-electron chi connectivity index (χ0n) is 11.1. The van der Waals surface area contributed by atoms with Crippen molar-refractivity contribution in [3.63, 3.8) is 0 Å². The van der Waals surface area contributed by atoms with Crippen LogP contribution in [0.15, 0.2) is 6.20 Å². The maximum absolute atomic E-state index is 5.81. The number of aromatic nitrogens is 2. The smallest absolute Gasteiger partial charge is 0.200 e. The summed E-state index contributed by atoms with van der Waals surface area (Å²) in [5.41, 5.74) is 6.80. The second-order valence-electron chi connectivity index (χ2n) is 4.86. The third kappa shape index (κ3) is 3.23. The Bertz CT molecular complexity index is 320. The van der Waals surface area contributed by atoms with E-state index in [0.29, 0.717) is 18.0 Å². The zero-order valence-corrected chi connectivity index (χ0v) is 11.1. The molecule has 0 fully saturated rings. The highest BCUT2D eigenvalue weighted by atomic mass is 15.2. The summed E-state index contributed by atoms with van der Waals surface area (Å²) < 4.78 is 2.02. The van der Waals surface area contributed by atoms with Crippen molar-refractivity contribution in [3.05, 3.63) is 11.9 Å². The third-order valence-corrected chi connectivity index (χ3v) is 2.85. The average Bonchev–Trinajstić information content (AvgIpc) is 2.44. The summed E-state index contributed by atoms with van der Waals surface area (Å²) in [6, 6.07) is 1.12. The molecule has 0 unspecified atom stereocenters. The molecule has 0 aliphatic carbocycles. The van der Waals surface area contributed by atoms with Crippen molar-refractivity contribution >= 4 is 5.95 Å². The summed E-state index contributed by atoms with van der Waals surface area (Å²) in [6.45, 7) is 12.8. The van der Waals surface area contributed by atoms with Crippen LogP contribution in [0.2, 0.25) is 0 Å². The van der Waals surface area contributed by atoms with E-state index in [9.17, 15) is 0 Å². The lowest BCUT2D eigenvalue weighted by molar-refractivity contribution is 0.168. The molecule has 1 aromatic rings. The summed E-state index contributed by atoms with van der Waals surface area (Å²) in [7, 11) is 0. The van der Waals surface area contributed by atoms with E-state index in [4.69, 9.17) is 5.73 Å². The first-order valence-electron chi connectivity index (χ1n) is 5.96. The summed E-state index contributed by atoms with van der Waals surface area (Å²) in [6.07, 6.45) is 2.01. The van der Waals surface area contributed by atoms with Crippen molar-refractivity contribution in [3.8, 4) is 0 Å². The molecule has 0 saturated heterocycles. The van der Waals surface area contributed by atoms with Crippen LogP contribution in [0.4, 0.5) is 5.95 Å². The Hall–Kier alpha value is -1.03. The largest absolute Gasteiger partial charge is 0.369 e. The quantitative estimate of drug-likeness (QED) is 0.831. The maximum Gasteiger partial charge on any atom is 0.200 e. The molecular formula is C12H24N4. The Kier molecular flexibility index (Phi) is 4.35. The fourth-order valence-corrected chi connectivity index (χ4v) is 2.08. The van der Waals surface area contributed by atoms with Crippen LogP contribution in [-0.4, -0.2) is 33.1 Å². The van der Waals surface area contributed by atoms with Gasteiger partial charge in [0.1, 0.15) is 0 Å². The molecule has 1 rings (SSSR count). The normalized spacial score (nSPS) is 12.0. The summed E-state index contributed by atoms with van der Waals surface area (Å²) >= 11 is 0. The second-order valence-corrected chi connectivity index (χ2v) is 4.86. The second kappa shape index (κ2) is 5.34. The molecule has 1 aromatic heterocycles. The molecule has 0 aliphatic rings. The molecule has 0 aromatic carbocycles. The van der Waals surface area contributed by atoms with Crippen molar-refractivity contribution < 1.29 is 0 Å². The zero-order chi connectivity index (χ0) is 12.3. The fraction of sp³-hybridized carbons (Fsp3) is 0.750. The van der Waals surface area contributed by atoms with E-state index in [1.54, 1.807) is 0 Å². The molecule has 4 heteroatoms. The monoisotopic (exact) mass is 224 g/mol. The van der Waals surface area contributed by atoms with Gasteiger partial charge < -0.3 is 10.3 Å². The number of aryl methyl sites for hydroxylation is 1. The molecule has 2 N–H and O–H groups in total. The van der Waals surface area contributed by atoms with Crippen LogP contribution >= 0.6 is 0 Å². The van der Waals surface area contributed by atoms with Gasteiger partial charge in [-0.1, -0.05) is 0 Å². The first kappa shape index (κ1) is 13.0. The predicted octanol–water partition coefficient (Wildman–Crippen LogP) is 1.89. The van der Waals surface area contributed by atoms with E-state index < -0.39 is 0 Å². The highest BCUT2D eigenvalue weighted by Crippen LogP contribution is 2.08. The summed E-state index contributed by atoms with van der Waals surface area (Å²) in [4.78, 5) is 6.65. The van der Waals surface area contributed by atoms with E-state index in [0.717, 1.165) is 18.8 Å². The number of nitrogen functional groups attached to an aromatic ring is 1. The lowest BCUT2D eigenvalue weighted by atomic mass is 10.2. The third-order valence-electron chi connectivity index (χ3n) is 2.85. The number of nitrogens with zero attached hydrogens (tertiary/aromatic N) is 3. The molecule has 0 saturated carbocycles. The van der Waals surface area contributed by atoms with Gasteiger partial charge in [0, 0.05) is 31.4 Å². The fourth-order valence-electron chi connectivity index (χ4n) is 2.08. The Balaban J connectivity index is 2.59. The Labute approximate surface area is 98.5 Å². The average molecular weight is 224 g/mol. The number of nitrogens with two attached hydrogens (primary N) is 1. The molecule has 16 heavy (non-hydrogen) atoms. The van der Waals surface area contributed by atoms with Crippen molar-refractivity contribution in [2.24, 2.45) is 0 Å². The van der Waals surface area contributed by atoms with Crippen molar-refractivity contribution in [2.45, 2.75) is 53.2 Å². The number of hydrogen-bond acceptors (Lipinski definition) is 3. The van der Waals surface area contributed by atoms with E-state index in [1.807, 2.05) is 17.7 Å². The molecule has 1 heterocycles. The molecule has 4 nitrogen and oxygen atoms in total. The van der Waals surface area contributed by atoms with Gasteiger partial charge in [-0.15, -0.1) is 0 Å². The maximum atomic E-state index is 5.81. The Morgan fingerprint density at radius 3 is 2.25 bits per heavy atom. The van der Waals surface area contributed by atoms with Gasteiger partial charge in [0.25, 0.3) is 0 Å². The lowest BCUT2D eigenvalue weighted by Crippen LogP contribution is -2.39. The molecule has 0 spiro atoms. The Morgan fingerprint density at radius 1 is 1.31 bits per heavy atom. The van der Waals surface area contributed by atoms with Crippen LogP contribution in [0.5, 0.6) is 0 Å². The van der Waals surface area contributed by atoms with E-state index in [-0.39, 0.29) is 0 Å². The summed E-state index contributed by atoms with van der Waals surface area (Å²) in [5.74, 6) is 0.616. The first-order valence-corrected chi connectivity index (χ1v) is 5.96. The van der Waals surface area contributed by atoms with Gasteiger partial charge in [-0.3, -0.25) is 4.90 Å². The highest BCUT2D eigenvalue weighted by Gasteiger charge is 2.13. The predicted molar refractivity (Wildman–Crippen MR) is 68.4 cm³/mol. The summed E-state index contributed by atoms with van der Waals surface area (Å²) in [5, 5.41) is 0. The SMILES string of the molecule is Cc1cn(CCN(C(C)C)C(C)C)c(N)n1. The van der Waals surface area contributed by atoms with E-state index >= 15 is 0 Å². The minimum absolute atomic E-state index is 0.561. The van der Waals surface area contributed by atoms with Crippen LogP contribution in [0.25, 0.3) is 0 Å². The van der Waals surface area contributed by atoms with Crippen molar-refractivity contribution in [2.75, 3.05) is 12.3 Å².